The molecule has 0 spiro atoms. The first-order valence-corrected chi connectivity index (χ1v) is 8.55. The Hall–Kier alpha value is -2.88. The number of hydrogen-bond acceptors (Lipinski definition) is 7. The molecule has 126 valence electrons. The molecule has 24 heavy (non-hydrogen) atoms. The summed E-state index contributed by atoms with van der Waals surface area (Å²) in [6.45, 7) is 2.62. The molecule has 0 amide bonds. The first kappa shape index (κ1) is 16.0. The Morgan fingerprint density at radius 1 is 1.25 bits per heavy atom. The number of anilines is 1. The second-order valence-corrected chi connectivity index (χ2v) is 6.58. The molecule has 0 saturated heterocycles. The first-order valence-electron chi connectivity index (χ1n) is 7.07. The molecule has 0 unspecified atom stereocenters. The number of rotatable bonds is 7. The SMILES string of the molecule is Cc1nonc1NS(=O)(=O)c1ccc(OCCn2cccn2)cc1. The Balaban J connectivity index is 1.62. The van der Waals surface area contributed by atoms with E-state index in [9.17, 15) is 8.42 Å². The molecule has 0 saturated carbocycles. The van der Waals surface area contributed by atoms with Crippen LogP contribution < -0.4 is 9.46 Å². The molecule has 10 heteroatoms. The van der Waals surface area contributed by atoms with Crippen molar-refractivity contribution in [2.45, 2.75) is 18.4 Å². The van der Waals surface area contributed by atoms with Gasteiger partial charge in [0, 0.05) is 12.4 Å². The lowest BCUT2D eigenvalue weighted by atomic mass is 10.3. The molecular weight excluding hydrogens is 334 g/mol. The largest absolute Gasteiger partial charge is 0.492 e. The van der Waals surface area contributed by atoms with Gasteiger partial charge in [-0.3, -0.25) is 9.40 Å². The van der Waals surface area contributed by atoms with E-state index in [0.717, 1.165) is 0 Å². The fraction of sp³-hybridized carbons (Fsp3) is 0.214. The Morgan fingerprint density at radius 3 is 2.67 bits per heavy atom. The van der Waals surface area contributed by atoms with Crippen LogP contribution in [0.25, 0.3) is 0 Å². The van der Waals surface area contributed by atoms with E-state index < -0.39 is 10.0 Å². The average Bonchev–Trinajstić information content (AvgIpc) is 3.20. The van der Waals surface area contributed by atoms with Crippen LogP contribution >= 0.6 is 0 Å². The molecule has 1 N–H and O–H groups in total. The highest BCUT2D eigenvalue weighted by atomic mass is 32.2. The molecule has 3 aromatic rings. The van der Waals surface area contributed by atoms with Crippen LogP contribution in [0.5, 0.6) is 5.75 Å². The lowest BCUT2D eigenvalue weighted by molar-refractivity contribution is 0.291. The smallest absolute Gasteiger partial charge is 0.263 e. The van der Waals surface area contributed by atoms with Gasteiger partial charge < -0.3 is 4.74 Å². The Bertz CT molecular complexity index is 888. The van der Waals surface area contributed by atoms with Crippen molar-refractivity contribution in [3.05, 3.63) is 48.4 Å². The van der Waals surface area contributed by atoms with Crippen molar-refractivity contribution in [2.24, 2.45) is 0 Å². The standard InChI is InChI=1S/C14H15N5O4S/c1-11-14(17-23-16-11)18-24(20,21)13-5-3-12(4-6-13)22-10-9-19-8-2-7-15-19/h2-8H,9-10H2,1H3,(H,17,18). The summed E-state index contributed by atoms with van der Waals surface area (Å²) < 4.78 is 38.6. The molecule has 0 radical (unpaired) electrons. The Morgan fingerprint density at radius 2 is 2.04 bits per heavy atom. The summed E-state index contributed by atoms with van der Waals surface area (Å²) in [5.41, 5.74) is 0.358. The van der Waals surface area contributed by atoms with Crippen LogP contribution in [0, 0.1) is 6.92 Å². The van der Waals surface area contributed by atoms with Gasteiger partial charge in [-0.2, -0.15) is 5.10 Å². The number of benzene rings is 1. The fourth-order valence-corrected chi connectivity index (χ4v) is 2.97. The van der Waals surface area contributed by atoms with Crippen LogP contribution in [0.15, 0.2) is 52.3 Å². The van der Waals surface area contributed by atoms with Gasteiger partial charge in [0.2, 0.25) is 5.82 Å². The van der Waals surface area contributed by atoms with Crippen molar-refractivity contribution < 1.29 is 17.8 Å². The Kier molecular flexibility index (Phi) is 4.47. The number of hydrogen-bond donors (Lipinski definition) is 1. The van der Waals surface area contributed by atoms with Crippen LogP contribution in [0.4, 0.5) is 5.82 Å². The maximum absolute atomic E-state index is 12.3. The van der Waals surface area contributed by atoms with E-state index >= 15 is 0 Å². The second kappa shape index (κ2) is 6.71. The van der Waals surface area contributed by atoms with Crippen molar-refractivity contribution in [1.82, 2.24) is 20.1 Å². The summed E-state index contributed by atoms with van der Waals surface area (Å²) >= 11 is 0. The zero-order chi connectivity index (χ0) is 17.0. The predicted molar refractivity (Wildman–Crippen MR) is 84.0 cm³/mol. The van der Waals surface area contributed by atoms with Gasteiger partial charge >= 0.3 is 0 Å². The van der Waals surface area contributed by atoms with Crippen molar-refractivity contribution in [1.29, 1.82) is 0 Å². The lowest BCUT2D eigenvalue weighted by Gasteiger charge is -2.08. The summed E-state index contributed by atoms with van der Waals surface area (Å²) in [5.74, 6) is 0.634. The van der Waals surface area contributed by atoms with Crippen molar-refractivity contribution in [3.8, 4) is 5.75 Å². The van der Waals surface area contributed by atoms with Gasteiger partial charge in [-0.1, -0.05) is 5.16 Å². The molecule has 2 heterocycles. The van der Waals surface area contributed by atoms with Crippen molar-refractivity contribution >= 4 is 15.8 Å². The summed E-state index contributed by atoms with van der Waals surface area (Å²) in [6.07, 6.45) is 3.53. The van der Waals surface area contributed by atoms with Gasteiger partial charge in [0.15, 0.2) is 0 Å². The summed E-state index contributed by atoms with van der Waals surface area (Å²) in [7, 11) is -3.76. The number of ether oxygens (including phenoxy) is 1. The fourth-order valence-electron chi connectivity index (χ4n) is 1.92. The summed E-state index contributed by atoms with van der Waals surface area (Å²) in [5, 5.41) is 11.1. The number of nitrogens with one attached hydrogen (secondary N) is 1. The van der Waals surface area contributed by atoms with E-state index in [2.05, 4.69) is 24.8 Å². The van der Waals surface area contributed by atoms with Crippen LogP contribution in [-0.4, -0.2) is 35.1 Å². The molecule has 0 aliphatic carbocycles. The minimum absolute atomic E-state index is 0.0644. The monoisotopic (exact) mass is 349 g/mol. The number of sulfonamides is 1. The van der Waals surface area contributed by atoms with Gasteiger partial charge in [0.05, 0.1) is 11.4 Å². The molecular formula is C14H15N5O4S. The molecule has 9 nitrogen and oxygen atoms in total. The van der Waals surface area contributed by atoms with E-state index in [4.69, 9.17) is 4.74 Å². The molecule has 0 fully saturated rings. The van der Waals surface area contributed by atoms with Crippen LogP contribution in [0.3, 0.4) is 0 Å². The molecule has 0 atom stereocenters. The minimum Gasteiger partial charge on any atom is -0.492 e. The van der Waals surface area contributed by atoms with Gasteiger partial charge in [0.25, 0.3) is 10.0 Å². The highest BCUT2D eigenvalue weighted by Gasteiger charge is 2.18. The normalized spacial score (nSPS) is 11.4. The molecule has 0 aliphatic rings. The van der Waals surface area contributed by atoms with Gasteiger partial charge in [-0.25, -0.2) is 13.0 Å². The number of aromatic nitrogens is 4. The summed E-state index contributed by atoms with van der Waals surface area (Å²) in [6, 6.07) is 7.92. The van der Waals surface area contributed by atoms with E-state index in [1.165, 1.54) is 12.1 Å². The first-order chi connectivity index (χ1) is 11.5. The lowest BCUT2D eigenvalue weighted by Crippen LogP contribution is -2.14. The molecule has 2 aromatic heterocycles. The van der Waals surface area contributed by atoms with Crippen LogP contribution in [-0.2, 0) is 16.6 Å². The number of aryl methyl sites for hydroxylation is 1. The van der Waals surface area contributed by atoms with Gasteiger partial charge in [-0.05, 0) is 42.4 Å². The zero-order valence-corrected chi connectivity index (χ0v) is 13.6. The highest BCUT2D eigenvalue weighted by Crippen LogP contribution is 2.19. The average molecular weight is 349 g/mol. The Labute approximate surface area is 138 Å². The van der Waals surface area contributed by atoms with E-state index in [0.29, 0.717) is 24.6 Å². The van der Waals surface area contributed by atoms with Gasteiger partial charge in [0.1, 0.15) is 18.1 Å². The predicted octanol–water partition coefficient (Wildman–Crippen LogP) is 1.45. The quantitative estimate of drug-likeness (QED) is 0.687. The van der Waals surface area contributed by atoms with Crippen molar-refractivity contribution in [2.75, 3.05) is 11.3 Å². The maximum Gasteiger partial charge on any atom is 0.263 e. The molecule has 3 rings (SSSR count). The second-order valence-electron chi connectivity index (χ2n) is 4.89. The van der Waals surface area contributed by atoms with Gasteiger partial charge in [-0.15, -0.1) is 0 Å². The third-order valence-corrected chi connectivity index (χ3v) is 4.52. The van der Waals surface area contributed by atoms with Crippen molar-refractivity contribution in [3.63, 3.8) is 0 Å². The van der Waals surface area contributed by atoms with E-state index in [-0.39, 0.29) is 10.7 Å². The van der Waals surface area contributed by atoms with Crippen LogP contribution in [0.1, 0.15) is 5.69 Å². The highest BCUT2D eigenvalue weighted by molar-refractivity contribution is 7.92. The van der Waals surface area contributed by atoms with Crippen LogP contribution in [0.2, 0.25) is 0 Å². The maximum atomic E-state index is 12.3. The third-order valence-electron chi connectivity index (χ3n) is 3.17. The summed E-state index contributed by atoms with van der Waals surface area (Å²) in [4.78, 5) is 0.0873. The third kappa shape index (κ3) is 3.71. The minimum atomic E-state index is -3.76. The van der Waals surface area contributed by atoms with E-state index in [1.54, 1.807) is 29.9 Å². The molecule has 0 bridgehead atoms. The molecule has 1 aromatic carbocycles. The number of nitrogens with zero attached hydrogens (tertiary/aromatic N) is 4. The molecule has 0 aliphatic heterocycles. The topological polar surface area (TPSA) is 112 Å². The zero-order valence-electron chi connectivity index (χ0n) is 12.8. The van der Waals surface area contributed by atoms with E-state index in [1.807, 2.05) is 12.3 Å².